The van der Waals surface area contributed by atoms with Crippen molar-refractivity contribution >= 4 is 15.7 Å². The minimum absolute atomic E-state index is 0.157. The molecule has 0 aliphatic carbocycles. The van der Waals surface area contributed by atoms with Gasteiger partial charge in [0, 0.05) is 39.8 Å². The molecule has 1 atom stereocenters. The summed E-state index contributed by atoms with van der Waals surface area (Å²) >= 11 is 0. The van der Waals surface area contributed by atoms with Gasteiger partial charge in [0.25, 0.3) is 0 Å². The lowest BCUT2D eigenvalue weighted by atomic mass is 10.0. The topological polar surface area (TPSA) is 52.7 Å². The van der Waals surface area contributed by atoms with Crippen molar-refractivity contribution in [2.24, 2.45) is 0 Å². The normalized spacial score (nSPS) is 20.0. The Morgan fingerprint density at radius 1 is 1.32 bits per heavy atom. The number of anilines is 1. The lowest BCUT2D eigenvalue weighted by Gasteiger charge is -2.35. The fourth-order valence-electron chi connectivity index (χ4n) is 2.86. The summed E-state index contributed by atoms with van der Waals surface area (Å²) in [5.74, 6) is 0.157. The van der Waals surface area contributed by atoms with Gasteiger partial charge in [0.1, 0.15) is 4.90 Å². The largest absolute Gasteiger partial charge is 0.368 e. The molecule has 0 amide bonds. The molecule has 2 rings (SSSR count). The maximum Gasteiger partial charge on any atom is 0.244 e. The zero-order valence-corrected chi connectivity index (χ0v) is 14.9. The van der Waals surface area contributed by atoms with Crippen molar-refractivity contribution in [1.29, 1.82) is 0 Å². The molecule has 1 fully saturated rings. The van der Waals surface area contributed by atoms with Crippen molar-refractivity contribution in [3.8, 4) is 0 Å². The van der Waals surface area contributed by atoms with Crippen molar-refractivity contribution in [3.05, 3.63) is 23.8 Å². The first-order chi connectivity index (χ1) is 10.2. The van der Waals surface area contributed by atoms with Crippen LogP contribution in [0, 0.1) is 0 Å². The molecule has 1 aliphatic rings. The second-order valence-corrected chi connectivity index (χ2v) is 8.53. The van der Waals surface area contributed by atoms with Gasteiger partial charge in [-0.3, -0.25) is 0 Å². The van der Waals surface area contributed by atoms with E-state index in [4.69, 9.17) is 0 Å². The monoisotopic (exact) mass is 325 g/mol. The molecule has 1 N–H and O–H groups in total. The van der Waals surface area contributed by atoms with Crippen LogP contribution < -0.4 is 10.2 Å². The van der Waals surface area contributed by atoms with Gasteiger partial charge in [0.15, 0.2) is 0 Å². The first-order valence-electron chi connectivity index (χ1n) is 7.79. The van der Waals surface area contributed by atoms with Crippen LogP contribution in [0.4, 0.5) is 5.69 Å². The Bertz CT molecular complexity index is 626. The van der Waals surface area contributed by atoms with Gasteiger partial charge in [-0.15, -0.1) is 0 Å². The number of sulfonamides is 1. The Morgan fingerprint density at radius 3 is 2.55 bits per heavy atom. The molecule has 1 heterocycles. The Labute approximate surface area is 134 Å². The molecule has 0 spiro atoms. The highest BCUT2D eigenvalue weighted by Gasteiger charge is 2.29. The van der Waals surface area contributed by atoms with Crippen LogP contribution in [0.15, 0.2) is 23.1 Å². The van der Waals surface area contributed by atoms with Crippen molar-refractivity contribution < 1.29 is 8.42 Å². The Morgan fingerprint density at radius 2 is 2.00 bits per heavy atom. The average molecular weight is 325 g/mol. The van der Waals surface area contributed by atoms with Crippen molar-refractivity contribution in [2.75, 3.05) is 38.6 Å². The summed E-state index contributed by atoms with van der Waals surface area (Å²) < 4.78 is 27.1. The molecule has 6 heteroatoms. The molecule has 1 saturated heterocycles. The molecule has 0 saturated carbocycles. The summed E-state index contributed by atoms with van der Waals surface area (Å²) in [5, 5.41) is 3.40. The lowest BCUT2D eigenvalue weighted by Crippen LogP contribution is -2.49. The predicted molar refractivity (Wildman–Crippen MR) is 91.1 cm³/mol. The van der Waals surface area contributed by atoms with Crippen LogP contribution in [-0.4, -0.2) is 52.5 Å². The molecule has 0 aromatic heterocycles. The number of rotatable bonds is 4. The molecular weight excluding hydrogens is 298 g/mol. The van der Waals surface area contributed by atoms with Crippen LogP contribution in [0.5, 0.6) is 0 Å². The zero-order valence-electron chi connectivity index (χ0n) is 14.1. The standard InChI is InChI=1S/C16H27N3O2S/c1-12(2)14-7-6-8-15(16(14)22(20,21)18(4)5)19-10-9-17-13(3)11-19/h6-8,12-13,17H,9-11H2,1-5H3. The van der Waals surface area contributed by atoms with Gasteiger partial charge in [0.2, 0.25) is 10.0 Å². The van der Waals surface area contributed by atoms with E-state index < -0.39 is 10.0 Å². The maximum atomic E-state index is 12.9. The van der Waals surface area contributed by atoms with Gasteiger partial charge >= 0.3 is 0 Å². The van der Waals surface area contributed by atoms with Crippen LogP contribution in [0.25, 0.3) is 0 Å². The first-order valence-corrected chi connectivity index (χ1v) is 9.23. The van der Waals surface area contributed by atoms with E-state index >= 15 is 0 Å². The number of benzene rings is 1. The van der Waals surface area contributed by atoms with E-state index in [2.05, 4.69) is 17.1 Å². The number of nitrogens with one attached hydrogen (secondary N) is 1. The minimum atomic E-state index is -3.48. The van der Waals surface area contributed by atoms with Crippen molar-refractivity contribution in [1.82, 2.24) is 9.62 Å². The van der Waals surface area contributed by atoms with E-state index in [0.717, 1.165) is 30.9 Å². The van der Waals surface area contributed by atoms with E-state index in [-0.39, 0.29) is 5.92 Å². The van der Waals surface area contributed by atoms with Gasteiger partial charge in [-0.05, 0) is 24.5 Å². The molecule has 5 nitrogen and oxygen atoms in total. The fraction of sp³-hybridized carbons (Fsp3) is 0.625. The second kappa shape index (κ2) is 6.56. The van der Waals surface area contributed by atoms with Crippen molar-refractivity contribution in [3.63, 3.8) is 0 Å². The number of nitrogens with zero attached hydrogens (tertiary/aromatic N) is 2. The Kier molecular flexibility index (Phi) is 5.14. The van der Waals surface area contributed by atoms with E-state index in [0.29, 0.717) is 10.9 Å². The summed E-state index contributed by atoms with van der Waals surface area (Å²) in [4.78, 5) is 2.65. The minimum Gasteiger partial charge on any atom is -0.368 e. The Balaban J connectivity index is 2.61. The third-order valence-electron chi connectivity index (χ3n) is 4.09. The van der Waals surface area contributed by atoms with Crippen LogP contribution in [0.3, 0.4) is 0 Å². The predicted octanol–water partition coefficient (Wildman–Crippen LogP) is 1.86. The third-order valence-corrected chi connectivity index (χ3v) is 6.02. The average Bonchev–Trinajstić information content (AvgIpc) is 2.46. The van der Waals surface area contributed by atoms with E-state index in [1.807, 2.05) is 32.0 Å². The molecule has 124 valence electrons. The molecule has 1 aromatic rings. The smallest absolute Gasteiger partial charge is 0.244 e. The van der Waals surface area contributed by atoms with Gasteiger partial charge < -0.3 is 10.2 Å². The van der Waals surface area contributed by atoms with Gasteiger partial charge in [-0.1, -0.05) is 26.0 Å². The Hall–Kier alpha value is -1.11. The van der Waals surface area contributed by atoms with Crippen LogP contribution in [-0.2, 0) is 10.0 Å². The van der Waals surface area contributed by atoms with Crippen LogP contribution in [0.1, 0.15) is 32.3 Å². The molecule has 0 bridgehead atoms. The quantitative estimate of drug-likeness (QED) is 0.918. The highest BCUT2D eigenvalue weighted by Crippen LogP contribution is 2.34. The fourth-order valence-corrected chi connectivity index (χ4v) is 4.29. The summed E-state index contributed by atoms with van der Waals surface area (Å²) in [6.45, 7) is 8.70. The maximum absolute atomic E-state index is 12.9. The van der Waals surface area contributed by atoms with E-state index in [1.54, 1.807) is 14.1 Å². The van der Waals surface area contributed by atoms with Crippen LogP contribution >= 0.6 is 0 Å². The third kappa shape index (κ3) is 3.29. The molecular formula is C16H27N3O2S. The van der Waals surface area contributed by atoms with E-state index in [9.17, 15) is 8.42 Å². The van der Waals surface area contributed by atoms with Crippen LogP contribution in [0.2, 0.25) is 0 Å². The molecule has 22 heavy (non-hydrogen) atoms. The summed E-state index contributed by atoms with van der Waals surface area (Å²) in [6.07, 6.45) is 0. The van der Waals surface area contributed by atoms with Crippen molar-refractivity contribution in [2.45, 2.75) is 37.6 Å². The number of hydrogen-bond acceptors (Lipinski definition) is 4. The second-order valence-electron chi connectivity index (χ2n) is 6.44. The number of piperazine rings is 1. The SMILES string of the molecule is CC1CN(c2cccc(C(C)C)c2S(=O)(=O)N(C)C)CCN1. The van der Waals surface area contributed by atoms with Gasteiger partial charge in [-0.25, -0.2) is 12.7 Å². The lowest BCUT2D eigenvalue weighted by molar-refractivity contribution is 0.480. The molecule has 1 aliphatic heterocycles. The zero-order chi connectivity index (χ0) is 16.5. The highest BCUT2D eigenvalue weighted by molar-refractivity contribution is 7.89. The summed E-state index contributed by atoms with van der Waals surface area (Å²) in [7, 11) is -0.291. The summed E-state index contributed by atoms with van der Waals surface area (Å²) in [5.41, 5.74) is 1.71. The van der Waals surface area contributed by atoms with E-state index in [1.165, 1.54) is 4.31 Å². The van der Waals surface area contributed by atoms with Gasteiger partial charge in [0.05, 0.1) is 5.69 Å². The van der Waals surface area contributed by atoms with Gasteiger partial charge in [-0.2, -0.15) is 0 Å². The first kappa shape index (κ1) is 17.2. The highest BCUT2D eigenvalue weighted by atomic mass is 32.2. The molecule has 0 radical (unpaired) electrons. The summed E-state index contributed by atoms with van der Waals surface area (Å²) in [6, 6.07) is 6.18. The molecule has 1 aromatic carbocycles. The number of hydrogen-bond donors (Lipinski definition) is 1. The molecule has 1 unspecified atom stereocenters.